The van der Waals surface area contributed by atoms with Crippen LogP contribution < -0.4 is 10.1 Å². The molecule has 0 spiro atoms. The van der Waals surface area contributed by atoms with Crippen LogP contribution in [0, 0.1) is 18.3 Å². The lowest BCUT2D eigenvalue weighted by atomic mass is 10.1. The van der Waals surface area contributed by atoms with Gasteiger partial charge in [-0.25, -0.2) is 0 Å². The molecule has 0 radical (unpaired) electrons. The molecular weight excluding hydrogens is 411 g/mol. The summed E-state index contributed by atoms with van der Waals surface area (Å²) in [6.45, 7) is 1.89. The van der Waals surface area contributed by atoms with Crippen molar-refractivity contribution in [1.82, 2.24) is 0 Å². The summed E-state index contributed by atoms with van der Waals surface area (Å²) in [4.78, 5) is 12.6. The second kappa shape index (κ2) is 8.87. The van der Waals surface area contributed by atoms with Crippen molar-refractivity contribution in [2.45, 2.75) is 6.92 Å². The predicted octanol–water partition coefficient (Wildman–Crippen LogP) is 6.12. The number of nitrogens with one attached hydrogen (secondary N) is 1. The third-order valence-electron chi connectivity index (χ3n) is 4.10. The Morgan fingerprint density at radius 3 is 2.72 bits per heavy atom. The maximum Gasteiger partial charge on any atom is 0.266 e. The molecule has 146 valence electrons. The lowest BCUT2D eigenvalue weighted by molar-refractivity contribution is -0.112. The molecule has 0 bridgehead atoms. The molecule has 29 heavy (non-hydrogen) atoms. The van der Waals surface area contributed by atoms with Gasteiger partial charge in [-0.1, -0.05) is 35.3 Å². The molecule has 0 aliphatic heterocycles. The van der Waals surface area contributed by atoms with Crippen LogP contribution in [0.1, 0.15) is 11.3 Å². The summed E-state index contributed by atoms with van der Waals surface area (Å²) in [6, 6.07) is 15.8. The maximum absolute atomic E-state index is 12.6. The van der Waals surface area contributed by atoms with Gasteiger partial charge in [-0.2, -0.15) is 5.26 Å². The van der Waals surface area contributed by atoms with Crippen molar-refractivity contribution in [1.29, 1.82) is 5.26 Å². The third-order valence-corrected chi connectivity index (χ3v) is 4.92. The Hall–Kier alpha value is -3.20. The van der Waals surface area contributed by atoms with E-state index in [-0.39, 0.29) is 5.57 Å². The molecule has 0 fully saturated rings. The Balaban J connectivity index is 1.86. The van der Waals surface area contributed by atoms with Crippen molar-refractivity contribution in [2.75, 3.05) is 12.4 Å². The van der Waals surface area contributed by atoms with Gasteiger partial charge in [0.05, 0.1) is 22.8 Å². The standard InChI is InChI=1S/C22H16Cl2N2O3/c1-13-6-8-20(28-2)18(10-13)26-22(27)14(12-25)11-15-7-9-19(29-15)16-4-3-5-17(23)21(16)24/h3-11H,1-2H3,(H,26,27)/b14-11+. The average Bonchev–Trinajstić information content (AvgIpc) is 3.16. The average molecular weight is 427 g/mol. The molecule has 0 aliphatic rings. The Morgan fingerprint density at radius 2 is 2.00 bits per heavy atom. The molecule has 5 nitrogen and oxygen atoms in total. The number of benzene rings is 2. The first-order valence-electron chi connectivity index (χ1n) is 8.55. The van der Waals surface area contributed by atoms with Crippen LogP contribution in [-0.4, -0.2) is 13.0 Å². The number of rotatable bonds is 5. The molecule has 2 aromatic carbocycles. The van der Waals surface area contributed by atoms with Gasteiger partial charge in [0.2, 0.25) is 0 Å². The van der Waals surface area contributed by atoms with Crippen molar-refractivity contribution < 1.29 is 13.9 Å². The smallest absolute Gasteiger partial charge is 0.266 e. The predicted molar refractivity (Wildman–Crippen MR) is 114 cm³/mol. The van der Waals surface area contributed by atoms with E-state index in [1.807, 2.05) is 19.1 Å². The third kappa shape index (κ3) is 4.62. The van der Waals surface area contributed by atoms with E-state index in [2.05, 4.69) is 5.32 Å². The van der Waals surface area contributed by atoms with Crippen molar-refractivity contribution in [3.8, 4) is 23.1 Å². The molecule has 1 heterocycles. The number of ether oxygens (including phenoxy) is 1. The fraction of sp³-hybridized carbons (Fsp3) is 0.0909. The second-order valence-electron chi connectivity index (χ2n) is 6.13. The van der Waals surface area contributed by atoms with E-state index in [0.29, 0.717) is 38.6 Å². The zero-order valence-electron chi connectivity index (χ0n) is 15.6. The maximum atomic E-state index is 12.6. The van der Waals surface area contributed by atoms with Gasteiger partial charge in [-0.05, 0) is 48.9 Å². The number of nitrogens with zero attached hydrogens (tertiary/aromatic N) is 1. The fourth-order valence-electron chi connectivity index (χ4n) is 2.67. The molecule has 0 saturated carbocycles. The monoisotopic (exact) mass is 426 g/mol. The van der Waals surface area contributed by atoms with Crippen LogP contribution in [0.5, 0.6) is 5.75 Å². The summed E-state index contributed by atoms with van der Waals surface area (Å²) in [6.07, 6.45) is 1.36. The fourth-order valence-corrected chi connectivity index (χ4v) is 3.06. The molecule has 1 aromatic heterocycles. The van der Waals surface area contributed by atoms with Crippen LogP contribution >= 0.6 is 23.2 Å². The Morgan fingerprint density at radius 1 is 1.21 bits per heavy atom. The van der Waals surface area contributed by atoms with Crippen molar-refractivity contribution in [2.24, 2.45) is 0 Å². The summed E-state index contributed by atoms with van der Waals surface area (Å²) in [5, 5.41) is 12.9. The largest absolute Gasteiger partial charge is 0.495 e. The van der Waals surface area contributed by atoms with E-state index < -0.39 is 5.91 Å². The number of halogens is 2. The van der Waals surface area contributed by atoms with E-state index in [4.69, 9.17) is 32.4 Å². The minimum atomic E-state index is -0.574. The highest BCUT2D eigenvalue weighted by molar-refractivity contribution is 6.43. The lowest BCUT2D eigenvalue weighted by Crippen LogP contribution is -2.14. The van der Waals surface area contributed by atoms with E-state index >= 15 is 0 Å². The number of carbonyl (C=O) groups excluding carboxylic acids is 1. The number of anilines is 1. The van der Waals surface area contributed by atoms with E-state index in [1.54, 1.807) is 42.5 Å². The highest BCUT2D eigenvalue weighted by Crippen LogP contribution is 2.34. The number of methoxy groups -OCH3 is 1. The summed E-state index contributed by atoms with van der Waals surface area (Å²) in [5.41, 5.74) is 1.92. The van der Waals surface area contributed by atoms with Crippen molar-refractivity contribution in [3.63, 3.8) is 0 Å². The molecule has 7 heteroatoms. The molecule has 1 amide bonds. The quantitative estimate of drug-likeness (QED) is 0.393. The van der Waals surface area contributed by atoms with Gasteiger partial charge >= 0.3 is 0 Å². The van der Waals surface area contributed by atoms with Crippen LogP contribution in [0.25, 0.3) is 17.4 Å². The summed E-state index contributed by atoms with van der Waals surface area (Å²) in [7, 11) is 1.51. The number of amides is 1. The number of aryl methyl sites for hydroxylation is 1. The van der Waals surface area contributed by atoms with Crippen LogP contribution in [0.2, 0.25) is 10.0 Å². The van der Waals surface area contributed by atoms with E-state index in [1.165, 1.54) is 13.2 Å². The van der Waals surface area contributed by atoms with Crippen molar-refractivity contribution >= 4 is 40.9 Å². The first-order chi connectivity index (χ1) is 13.9. The number of nitriles is 1. The molecular formula is C22H16Cl2N2O3. The second-order valence-corrected chi connectivity index (χ2v) is 6.92. The molecule has 0 saturated heterocycles. The zero-order chi connectivity index (χ0) is 21.0. The highest BCUT2D eigenvalue weighted by Gasteiger charge is 2.15. The number of carbonyl (C=O) groups is 1. The van der Waals surface area contributed by atoms with Gasteiger partial charge in [-0.3, -0.25) is 4.79 Å². The Labute approximate surface area is 178 Å². The van der Waals surface area contributed by atoms with Gasteiger partial charge in [0, 0.05) is 11.6 Å². The summed E-state index contributed by atoms with van der Waals surface area (Å²) < 4.78 is 11.0. The van der Waals surface area contributed by atoms with Crippen LogP contribution in [-0.2, 0) is 4.79 Å². The van der Waals surface area contributed by atoms with Gasteiger partial charge in [0.15, 0.2) is 0 Å². The molecule has 3 rings (SSSR count). The first-order valence-corrected chi connectivity index (χ1v) is 9.30. The van der Waals surface area contributed by atoms with Gasteiger partial charge in [0.1, 0.15) is 28.9 Å². The van der Waals surface area contributed by atoms with Crippen molar-refractivity contribution in [3.05, 3.63) is 75.5 Å². The first kappa shape index (κ1) is 20.5. The minimum absolute atomic E-state index is 0.119. The van der Waals surface area contributed by atoms with Crippen LogP contribution in [0.15, 0.2) is 58.5 Å². The zero-order valence-corrected chi connectivity index (χ0v) is 17.1. The van der Waals surface area contributed by atoms with Crippen LogP contribution in [0.4, 0.5) is 5.69 Å². The summed E-state index contributed by atoms with van der Waals surface area (Å²) in [5.74, 6) is 0.730. The number of furan rings is 1. The Kier molecular flexibility index (Phi) is 6.28. The van der Waals surface area contributed by atoms with E-state index in [0.717, 1.165) is 5.56 Å². The molecule has 0 unspecified atom stereocenters. The van der Waals surface area contributed by atoms with Gasteiger partial charge < -0.3 is 14.5 Å². The van der Waals surface area contributed by atoms with Crippen LogP contribution in [0.3, 0.4) is 0 Å². The topological polar surface area (TPSA) is 75.3 Å². The highest BCUT2D eigenvalue weighted by atomic mass is 35.5. The summed E-state index contributed by atoms with van der Waals surface area (Å²) >= 11 is 12.3. The SMILES string of the molecule is COc1ccc(C)cc1NC(=O)/C(C#N)=C/c1ccc(-c2cccc(Cl)c2Cl)o1. The van der Waals surface area contributed by atoms with Gasteiger partial charge in [0.25, 0.3) is 5.91 Å². The minimum Gasteiger partial charge on any atom is -0.495 e. The molecule has 1 N–H and O–H groups in total. The van der Waals surface area contributed by atoms with Gasteiger partial charge in [-0.15, -0.1) is 0 Å². The molecule has 0 aliphatic carbocycles. The number of hydrogen-bond acceptors (Lipinski definition) is 4. The normalized spacial score (nSPS) is 11.1. The molecule has 3 aromatic rings. The Bertz CT molecular complexity index is 1140. The van der Waals surface area contributed by atoms with E-state index in [9.17, 15) is 10.1 Å². The molecule has 0 atom stereocenters. The number of hydrogen-bond donors (Lipinski definition) is 1. The lowest BCUT2D eigenvalue weighted by Gasteiger charge is -2.10.